The van der Waals surface area contributed by atoms with Crippen molar-refractivity contribution in [2.75, 3.05) is 11.9 Å². The second-order valence-electron chi connectivity index (χ2n) is 3.19. The molecular weight excluding hydrogens is 244 g/mol. The second kappa shape index (κ2) is 5.23. The molecule has 2 heterocycles. The average Bonchev–Trinajstić information content (AvgIpc) is 2.69. The van der Waals surface area contributed by atoms with Gasteiger partial charge in [-0.15, -0.1) is 0 Å². The number of nitrogens with one attached hydrogen (secondary N) is 1. The molecule has 0 atom stereocenters. The standard InChI is InChI=1S/C10H11ClN4S/c1-2-3-14-10-8(11)15-9(16-10)7-4-12-6-13-5-7/h4-6,14H,2-3H2,1H3. The Morgan fingerprint density at radius 1 is 1.38 bits per heavy atom. The van der Waals surface area contributed by atoms with Gasteiger partial charge < -0.3 is 5.32 Å². The van der Waals surface area contributed by atoms with Crippen molar-refractivity contribution in [2.24, 2.45) is 0 Å². The number of rotatable bonds is 4. The molecule has 0 saturated carbocycles. The maximum absolute atomic E-state index is 6.03. The Labute approximate surface area is 103 Å². The average molecular weight is 255 g/mol. The first-order valence-electron chi connectivity index (χ1n) is 4.97. The van der Waals surface area contributed by atoms with Crippen LogP contribution in [-0.2, 0) is 0 Å². The molecule has 0 fully saturated rings. The molecule has 0 aliphatic rings. The van der Waals surface area contributed by atoms with E-state index in [1.54, 1.807) is 12.4 Å². The summed E-state index contributed by atoms with van der Waals surface area (Å²) in [5, 5.41) is 5.49. The molecule has 0 radical (unpaired) electrons. The van der Waals surface area contributed by atoms with E-state index in [0.717, 1.165) is 28.5 Å². The van der Waals surface area contributed by atoms with Crippen molar-refractivity contribution in [3.63, 3.8) is 0 Å². The predicted molar refractivity (Wildman–Crippen MR) is 66.9 cm³/mol. The van der Waals surface area contributed by atoms with Crippen LogP contribution in [0.1, 0.15) is 13.3 Å². The molecule has 0 unspecified atom stereocenters. The Bertz CT molecular complexity index is 457. The Hall–Kier alpha value is -1.20. The van der Waals surface area contributed by atoms with Crippen LogP contribution in [0.25, 0.3) is 10.6 Å². The third-order valence-electron chi connectivity index (χ3n) is 1.93. The molecule has 4 nitrogen and oxygen atoms in total. The van der Waals surface area contributed by atoms with Gasteiger partial charge in [0, 0.05) is 24.5 Å². The summed E-state index contributed by atoms with van der Waals surface area (Å²) in [4.78, 5) is 12.2. The fourth-order valence-electron chi connectivity index (χ4n) is 1.18. The summed E-state index contributed by atoms with van der Waals surface area (Å²) in [7, 11) is 0. The molecule has 0 aliphatic carbocycles. The fourth-order valence-corrected chi connectivity index (χ4v) is 2.36. The molecule has 1 N–H and O–H groups in total. The normalized spacial score (nSPS) is 10.4. The molecule has 16 heavy (non-hydrogen) atoms. The maximum Gasteiger partial charge on any atom is 0.164 e. The maximum atomic E-state index is 6.03. The smallest absolute Gasteiger partial charge is 0.164 e. The zero-order valence-electron chi connectivity index (χ0n) is 8.77. The SMILES string of the molecule is CCCNc1sc(-c2cncnc2)nc1Cl. The Balaban J connectivity index is 2.24. The number of thiazole rings is 1. The molecule has 2 rings (SSSR count). The Morgan fingerprint density at radius 3 is 2.81 bits per heavy atom. The monoisotopic (exact) mass is 254 g/mol. The van der Waals surface area contributed by atoms with Crippen molar-refractivity contribution in [1.82, 2.24) is 15.0 Å². The molecule has 84 valence electrons. The van der Waals surface area contributed by atoms with Crippen LogP contribution in [0.5, 0.6) is 0 Å². The first-order chi connectivity index (χ1) is 7.81. The van der Waals surface area contributed by atoms with Gasteiger partial charge in [-0.25, -0.2) is 15.0 Å². The molecule has 0 bridgehead atoms. The lowest BCUT2D eigenvalue weighted by molar-refractivity contribution is 0.983. The molecule has 2 aromatic heterocycles. The fraction of sp³-hybridized carbons (Fsp3) is 0.300. The van der Waals surface area contributed by atoms with E-state index in [0.29, 0.717) is 5.15 Å². The largest absolute Gasteiger partial charge is 0.374 e. The van der Waals surface area contributed by atoms with Crippen molar-refractivity contribution in [1.29, 1.82) is 0 Å². The number of hydrogen-bond donors (Lipinski definition) is 1. The minimum atomic E-state index is 0.511. The molecule has 0 amide bonds. The van der Waals surface area contributed by atoms with Crippen LogP contribution < -0.4 is 5.32 Å². The number of halogens is 1. The van der Waals surface area contributed by atoms with Gasteiger partial charge in [0.25, 0.3) is 0 Å². The summed E-state index contributed by atoms with van der Waals surface area (Å²) in [6.45, 7) is 3.00. The first kappa shape index (κ1) is 11.3. The van der Waals surface area contributed by atoms with E-state index < -0.39 is 0 Å². The summed E-state index contributed by atoms with van der Waals surface area (Å²) in [5.41, 5.74) is 0.888. The van der Waals surface area contributed by atoms with Gasteiger partial charge in [0.15, 0.2) is 5.15 Å². The molecule has 0 saturated heterocycles. The number of anilines is 1. The van der Waals surface area contributed by atoms with E-state index in [-0.39, 0.29) is 0 Å². The van der Waals surface area contributed by atoms with Gasteiger partial charge in [-0.2, -0.15) is 0 Å². The number of nitrogens with zero attached hydrogens (tertiary/aromatic N) is 3. The highest BCUT2D eigenvalue weighted by Crippen LogP contribution is 2.34. The molecular formula is C10H11ClN4S. The van der Waals surface area contributed by atoms with E-state index in [9.17, 15) is 0 Å². The van der Waals surface area contributed by atoms with Crippen molar-refractivity contribution < 1.29 is 0 Å². The molecule has 0 aliphatic heterocycles. The van der Waals surface area contributed by atoms with E-state index in [1.807, 2.05) is 0 Å². The Kier molecular flexibility index (Phi) is 3.69. The van der Waals surface area contributed by atoms with Gasteiger partial charge in [0.05, 0.1) is 0 Å². The van der Waals surface area contributed by atoms with Gasteiger partial charge in [-0.3, -0.25) is 0 Å². The van der Waals surface area contributed by atoms with Crippen LogP contribution in [0.2, 0.25) is 5.15 Å². The highest BCUT2D eigenvalue weighted by molar-refractivity contribution is 7.19. The topological polar surface area (TPSA) is 50.7 Å². The van der Waals surface area contributed by atoms with Gasteiger partial charge in [-0.1, -0.05) is 29.9 Å². The van der Waals surface area contributed by atoms with Crippen molar-refractivity contribution in [3.8, 4) is 10.6 Å². The lowest BCUT2D eigenvalue weighted by atomic mass is 10.4. The van der Waals surface area contributed by atoms with E-state index in [2.05, 4.69) is 27.2 Å². The highest BCUT2D eigenvalue weighted by Gasteiger charge is 2.10. The van der Waals surface area contributed by atoms with Crippen LogP contribution in [0.3, 0.4) is 0 Å². The lowest BCUT2D eigenvalue weighted by Gasteiger charge is -1.98. The molecule has 2 aromatic rings. The van der Waals surface area contributed by atoms with E-state index in [1.165, 1.54) is 17.7 Å². The zero-order valence-corrected chi connectivity index (χ0v) is 10.3. The van der Waals surface area contributed by atoms with Gasteiger partial charge in [0.2, 0.25) is 0 Å². The summed E-state index contributed by atoms with van der Waals surface area (Å²) < 4.78 is 0. The number of aromatic nitrogens is 3. The van der Waals surface area contributed by atoms with Crippen LogP contribution >= 0.6 is 22.9 Å². The van der Waals surface area contributed by atoms with Crippen molar-refractivity contribution in [2.45, 2.75) is 13.3 Å². The summed E-state index contributed by atoms with van der Waals surface area (Å²) in [5.74, 6) is 0. The minimum absolute atomic E-state index is 0.511. The third kappa shape index (κ3) is 2.48. The van der Waals surface area contributed by atoms with Gasteiger partial charge >= 0.3 is 0 Å². The van der Waals surface area contributed by atoms with Gasteiger partial charge in [-0.05, 0) is 6.42 Å². The second-order valence-corrected chi connectivity index (χ2v) is 4.55. The highest BCUT2D eigenvalue weighted by atomic mass is 35.5. The Morgan fingerprint density at radius 2 is 2.12 bits per heavy atom. The number of hydrogen-bond acceptors (Lipinski definition) is 5. The molecule has 6 heteroatoms. The van der Waals surface area contributed by atoms with Crippen LogP contribution in [0.15, 0.2) is 18.7 Å². The van der Waals surface area contributed by atoms with Crippen LogP contribution in [0, 0.1) is 0 Å². The molecule has 0 aromatic carbocycles. The zero-order chi connectivity index (χ0) is 11.4. The van der Waals surface area contributed by atoms with E-state index in [4.69, 9.17) is 11.6 Å². The summed E-state index contributed by atoms with van der Waals surface area (Å²) >= 11 is 7.54. The van der Waals surface area contributed by atoms with Crippen molar-refractivity contribution >= 4 is 27.9 Å². The van der Waals surface area contributed by atoms with Crippen LogP contribution in [-0.4, -0.2) is 21.5 Å². The van der Waals surface area contributed by atoms with Crippen LogP contribution in [0.4, 0.5) is 5.00 Å². The quantitative estimate of drug-likeness (QED) is 0.911. The van der Waals surface area contributed by atoms with E-state index >= 15 is 0 Å². The first-order valence-corrected chi connectivity index (χ1v) is 6.16. The summed E-state index contributed by atoms with van der Waals surface area (Å²) in [6.07, 6.45) is 6.00. The summed E-state index contributed by atoms with van der Waals surface area (Å²) in [6, 6.07) is 0. The van der Waals surface area contributed by atoms with Gasteiger partial charge in [0.1, 0.15) is 16.3 Å². The predicted octanol–water partition coefficient (Wildman–Crippen LogP) is 3.08. The van der Waals surface area contributed by atoms with Crippen molar-refractivity contribution in [3.05, 3.63) is 23.9 Å². The molecule has 0 spiro atoms. The lowest BCUT2D eigenvalue weighted by Crippen LogP contribution is -1.97. The minimum Gasteiger partial charge on any atom is -0.374 e. The third-order valence-corrected chi connectivity index (χ3v) is 3.38.